The van der Waals surface area contributed by atoms with Gasteiger partial charge >= 0.3 is 23.9 Å². The van der Waals surface area contributed by atoms with Crippen LogP contribution in [0.4, 0.5) is 0 Å². The van der Waals surface area contributed by atoms with Gasteiger partial charge in [-0.2, -0.15) is 0 Å². The Labute approximate surface area is 286 Å². The average molecular weight is 671 g/mol. The van der Waals surface area contributed by atoms with Crippen molar-refractivity contribution in [2.45, 2.75) is 57.8 Å². The van der Waals surface area contributed by atoms with Gasteiger partial charge in [0.25, 0.3) is 0 Å². The van der Waals surface area contributed by atoms with Gasteiger partial charge in [0.05, 0.1) is 37.6 Å². The summed E-state index contributed by atoms with van der Waals surface area (Å²) in [6, 6.07) is 16.9. The summed E-state index contributed by atoms with van der Waals surface area (Å²) in [6.07, 6.45) is 7.95. The molecule has 0 spiro atoms. The van der Waals surface area contributed by atoms with Gasteiger partial charge in [-0.25, -0.2) is 19.2 Å². The van der Waals surface area contributed by atoms with Crippen LogP contribution in [0.25, 0.3) is 0 Å². The zero-order valence-electron chi connectivity index (χ0n) is 27.8. The summed E-state index contributed by atoms with van der Waals surface area (Å²) < 4.78 is 33.0. The van der Waals surface area contributed by atoms with Crippen molar-refractivity contribution in [2.24, 2.45) is 0 Å². The van der Waals surface area contributed by atoms with Crippen molar-refractivity contribution in [1.29, 1.82) is 0 Å². The summed E-state index contributed by atoms with van der Waals surface area (Å²) >= 11 is 0. The molecule has 0 atom stereocenters. The molecular weight excluding hydrogens is 628 g/mol. The Kier molecular flexibility index (Phi) is 14.0. The summed E-state index contributed by atoms with van der Waals surface area (Å²) in [7, 11) is 0. The van der Waals surface area contributed by atoms with E-state index in [0.717, 1.165) is 37.0 Å². The molecule has 1 aliphatic rings. The molecule has 0 unspecified atom stereocenters. The Morgan fingerprint density at radius 2 is 1.10 bits per heavy atom. The lowest BCUT2D eigenvalue weighted by atomic mass is 9.79. The molecule has 1 fully saturated rings. The fraction of sp³-hybridized carbons (Fsp3) is 0.333. The predicted molar refractivity (Wildman–Crippen MR) is 182 cm³/mol. The van der Waals surface area contributed by atoms with Gasteiger partial charge in [-0.05, 0) is 118 Å². The van der Waals surface area contributed by atoms with Crippen molar-refractivity contribution >= 4 is 23.9 Å². The lowest BCUT2D eigenvalue weighted by molar-refractivity contribution is -0.138. The summed E-state index contributed by atoms with van der Waals surface area (Å²) in [5.74, 6) is 0.367. The highest BCUT2D eigenvalue weighted by Gasteiger charge is 2.26. The molecule has 0 heterocycles. The number of hydrogen-bond acceptors (Lipinski definition) is 10. The number of carbonyl (C=O) groups excluding carboxylic acids is 4. The smallest absolute Gasteiger partial charge is 0.343 e. The van der Waals surface area contributed by atoms with E-state index < -0.39 is 23.9 Å². The molecule has 0 bridgehead atoms. The van der Waals surface area contributed by atoms with Crippen LogP contribution in [0.15, 0.2) is 86.0 Å². The SMILES string of the molecule is C=CC(=O)OCCCCOc1ccc(C(=O)Oc2cc(C3CCC3)c(OC(=O)c3ccc(OCCCCOC(=O)C=C)cc3)cc2C)cc1. The van der Waals surface area contributed by atoms with Crippen LogP contribution in [0.1, 0.15) is 82.7 Å². The molecular formula is C39H42O10. The van der Waals surface area contributed by atoms with E-state index in [1.165, 1.54) is 0 Å². The molecule has 3 aromatic carbocycles. The highest BCUT2D eigenvalue weighted by atomic mass is 16.5. The molecule has 4 rings (SSSR count). The second-order valence-electron chi connectivity index (χ2n) is 11.5. The predicted octanol–water partition coefficient (Wildman–Crippen LogP) is 7.48. The Morgan fingerprint density at radius 1 is 0.653 bits per heavy atom. The number of rotatable bonds is 19. The van der Waals surface area contributed by atoms with Crippen LogP contribution in [-0.4, -0.2) is 50.3 Å². The fourth-order valence-electron chi connectivity index (χ4n) is 4.86. The molecule has 49 heavy (non-hydrogen) atoms. The third-order valence-corrected chi connectivity index (χ3v) is 7.87. The van der Waals surface area contributed by atoms with Crippen molar-refractivity contribution < 1.29 is 47.6 Å². The molecule has 0 N–H and O–H groups in total. The molecule has 10 heteroatoms. The minimum atomic E-state index is -0.513. The number of ether oxygens (including phenoxy) is 6. The zero-order valence-corrected chi connectivity index (χ0v) is 27.8. The highest BCUT2D eigenvalue weighted by molar-refractivity contribution is 5.92. The molecule has 0 amide bonds. The maximum atomic E-state index is 13.1. The first-order valence-corrected chi connectivity index (χ1v) is 16.4. The lowest BCUT2D eigenvalue weighted by Crippen LogP contribution is -2.16. The molecule has 1 saturated carbocycles. The van der Waals surface area contributed by atoms with Crippen LogP contribution < -0.4 is 18.9 Å². The van der Waals surface area contributed by atoms with E-state index >= 15 is 0 Å². The van der Waals surface area contributed by atoms with E-state index in [2.05, 4.69) is 13.2 Å². The number of hydrogen-bond donors (Lipinski definition) is 0. The first-order chi connectivity index (χ1) is 23.8. The van der Waals surface area contributed by atoms with Crippen molar-refractivity contribution in [3.8, 4) is 23.0 Å². The number of benzene rings is 3. The average Bonchev–Trinajstić information content (AvgIpc) is 3.09. The first-order valence-electron chi connectivity index (χ1n) is 16.4. The largest absolute Gasteiger partial charge is 0.494 e. The monoisotopic (exact) mass is 670 g/mol. The molecule has 10 nitrogen and oxygen atoms in total. The summed E-state index contributed by atoms with van der Waals surface area (Å²) in [5.41, 5.74) is 2.22. The van der Waals surface area contributed by atoms with Crippen molar-refractivity contribution in [2.75, 3.05) is 26.4 Å². The van der Waals surface area contributed by atoms with E-state index in [1.807, 2.05) is 0 Å². The highest BCUT2D eigenvalue weighted by Crippen LogP contribution is 2.43. The van der Waals surface area contributed by atoms with Gasteiger partial charge in [-0.15, -0.1) is 0 Å². The number of esters is 4. The Hall–Kier alpha value is -5.38. The van der Waals surface area contributed by atoms with Crippen LogP contribution in [0.2, 0.25) is 0 Å². The molecule has 0 saturated heterocycles. The Bertz CT molecular complexity index is 1600. The maximum Gasteiger partial charge on any atom is 0.343 e. The molecule has 3 aromatic rings. The minimum absolute atomic E-state index is 0.197. The van der Waals surface area contributed by atoms with Crippen LogP contribution in [-0.2, 0) is 19.1 Å². The van der Waals surface area contributed by atoms with Crippen LogP contribution in [0, 0.1) is 6.92 Å². The summed E-state index contributed by atoms with van der Waals surface area (Å²) in [5, 5.41) is 0. The number of unbranched alkanes of at least 4 members (excludes halogenated alkanes) is 2. The van der Waals surface area contributed by atoms with Gasteiger partial charge in [0.2, 0.25) is 0 Å². The van der Waals surface area contributed by atoms with Crippen molar-refractivity contribution in [1.82, 2.24) is 0 Å². The third-order valence-electron chi connectivity index (χ3n) is 7.87. The van der Waals surface area contributed by atoms with Crippen LogP contribution >= 0.6 is 0 Å². The second kappa shape index (κ2) is 18.8. The van der Waals surface area contributed by atoms with Gasteiger partial charge in [0.15, 0.2) is 0 Å². The number of aryl methyl sites for hydroxylation is 1. The number of carbonyl (C=O) groups is 4. The van der Waals surface area contributed by atoms with E-state index in [0.29, 0.717) is 91.8 Å². The van der Waals surface area contributed by atoms with Crippen LogP contribution in [0.3, 0.4) is 0 Å². The van der Waals surface area contributed by atoms with Gasteiger partial charge in [0.1, 0.15) is 23.0 Å². The van der Waals surface area contributed by atoms with Gasteiger partial charge in [-0.1, -0.05) is 19.6 Å². The first kappa shape index (κ1) is 36.5. The van der Waals surface area contributed by atoms with E-state index in [9.17, 15) is 19.2 Å². The van der Waals surface area contributed by atoms with Crippen LogP contribution in [0.5, 0.6) is 23.0 Å². The topological polar surface area (TPSA) is 124 Å². The van der Waals surface area contributed by atoms with Gasteiger partial charge in [-0.3, -0.25) is 0 Å². The van der Waals surface area contributed by atoms with E-state index in [-0.39, 0.29) is 5.92 Å². The second-order valence-corrected chi connectivity index (χ2v) is 11.5. The molecule has 1 aliphatic carbocycles. The van der Waals surface area contributed by atoms with Crippen molar-refractivity contribution in [3.63, 3.8) is 0 Å². The van der Waals surface area contributed by atoms with Gasteiger partial charge < -0.3 is 28.4 Å². The normalized spacial score (nSPS) is 12.2. The third kappa shape index (κ3) is 11.4. The standard InChI is InChI=1S/C39H42O10/c1-4-36(40)46-23-8-6-21-44-31-17-13-29(14-18-31)38(42)48-34-26-33(28-11-10-12-28)35(25-27(34)3)49-39(43)30-15-19-32(20-16-30)45-22-7-9-24-47-37(41)5-2/h4-5,13-20,25-26,28H,1-2,6-12,21-24H2,3H3. The maximum absolute atomic E-state index is 13.1. The lowest BCUT2D eigenvalue weighted by Gasteiger charge is -2.28. The molecule has 258 valence electrons. The molecule has 0 radical (unpaired) electrons. The Morgan fingerprint density at radius 3 is 1.53 bits per heavy atom. The molecule has 0 aromatic heterocycles. The zero-order chi connectivity index (χ0) is 35.0. The quantitative estimate of drug-likeness (QED) is 0.0549. The van der Waals surface area contributed by atoms with E-state index in [4.69, 9.17) is 28.4 Å². The minimum Gasteiger partial charge on any atom is -0.494 e. The van der Waals surface area contributed by atoms with Crippen molar-refractivity contribution in [3.05, 3.63) is 108 Å². The summed E-state index contributed by atoms with van der Waals surface area (Å²) in [6.45, 7) is 10.0. The van der Waals surface area contributed by atoms with E-state index in [1.54, 1.807) is 67.6 Å². The fourth-order valence-corrected chi connectivity index (χ4v) is 4.86. The van der Waals surface area contributed by atoms with Gasteiger partial charge in [0, 0.05) is 17.7 Å². The molecule has 0 aliphatic heterocycles. The Balaban J connectivity index is 1.30. The summed E-state index contributed by atoms with van der Waals surface area (Å²) in [4.78, 5) is 48.3.